The highest BCUT2D eigenvalue weighted by molar-refractivity contribution is 9.10. The summed E-state index contributed by atoms with van der Waals surface area (Å²) in [6, 6.07) is 5.37. The zero-order chi connectivity index (χ0) is 25.2. The number of hydrogen-bond donors (Lipinski definition) is 2. The lowest BCUT2D eigenvalue weighted by Gasteiger charge is -2.09. The van der Waals surface area contributed by atoms with Gasteiger partial charge in [-0.1, -0.05) is 29.3 Å². The van der Waals surface area contributed by atoms with Crippen LogP contribution in [0.25, 0.3) is 0 Å². The molecule has 0 aliphatic rings. The van der Waals surface area contributed by atoms with Crippen LogP contribution in [0.2, 0.25) is 10.0 Å². The van der Waals surface area contributed by atoms with E-state index in [0.29, 0.717) is 42.3 Å². The standard InChI is InChI=1S/C21H20BrCl2N5O3S2/c1-10-15(20(31)32-4)18(34-16(10)19(30)28(2)3)26-21(33)25-17-12(22)9-29(27-17)8-11-5-6-13(23)14(24)7-11/h5-7,9H,8H2,1-4H3,(H2,25,26,27,33). The number of rotatable bonds is 6. The predicted octanol–water partition coefficient (Wildman–Crippen LogP) is 5.67. The van der Waals surface area contributed by atoms with Crippen LogP contribution in [0.15, 0.2) is 28.9 Å². The second kappa shape index (κ2) is 11.0. The van der Waals surface area contributed by atoms with Gasteiger partial charge in [-0.3, -0.25) is 9.48 Å². The van der Waals surface area contributed by atoms with Crippen LogP contribution >= 0.6 is 62.7 Å². The number of thiocarbonyl (C=S) groups is 1. The SMILES string of the molecule is COC(=O)c1c(NC(=S)Nc2nn(Cc3ccc(Cl)c(Cl)c3)cc2Br)sc(C(=O)N(C)C)c1C. The predicted molar refractivity (Wildman–Crippen MR) is 144 cm³/mol. The van der Waals surface area contributed by atoms with E-state index in [9.17, 15) is 9.59 Å². The molecule has 0 atom stereocenters. The highest BCUT2D eigenvalue weighted by Gasteiger charge is 2.26. The Bertz CT molecular complexity index is 1280. The third kappa shape index (κ3) is 5.89. The normalized spacial score (nSPS) is 10.7. The van der Waals surface area contributed by atoms with Gasteiger partial charge in [-0.25, -0.2) is 4.79 Å². The molecule has 8 nitrogen and oxygen atoms in total. The molecular formula is C21H20BrCl2N5O3S2. The number of thiophene rings is 1. The largest absolute Gasteiger partial charge is 0.465 e. The van der Waals surface area contributed by atoms with Crippen LogP contribution in [0.4, 0.5) is 10.8 Å². The van der Waals surface area contributed by atoms with Gasteiger partial charge in [0, 0.05) is 20.3 Å². The maximum Gasteiger partial charge on any atom is 0.341 e. The smallest absolute Gasteiger partial charge is 0.341 e. The van der Waals surface area contributed by atoms with Gasteiger partial charge in [-0.15, -0.1) is 11.3 Å². The van der Waals surface area contributed by atoms with Gasteiger partial charge in [-0.2, -0.15) is 5.10 Å². The van der Waals surface area contributed by atoms with E-state index in [-0.39, 0.29) is 16.6 Å². The lowest BCUT2D eigenvalue weighted by Crippen LogP contribution is -2.21. The molecule has 0 spiro atoms. The van der Waals surface area contributed by atoms with E-state index in [0.717, 1.165) is 16.9 Å². The number of carbonyl (C=O) groups is 2. The molecule has 0 bridgehead atoms. The Balaban J connectivity index is 1.79. The molecule has 0 aliphatic carbocycles. The first-order valence-electron chi connectivity index (χ1n) is 9.70. The van der Waals surface area contributed by atoms with E-state index in [2.05, 4.69) is 31.7 Å². The number of nitrogens with zero attached hydrogens (tertiary/aromatic N) is 3. The number of halogens is 3. The number of methoxy groups -OCH3 is 1. The maximum atomic E-state index is 12.5. The van der Waals surface area contributed by atoms with Crippen molar-refractivity contribution < 1.29 is 14.3 Å². The minimum absolute atomic E-state index is 0.191. The van der Waals surface area contributed by atoms with E-state index in [4.69, 9.17) is 40.2 Å². The Hall–Kier alpha value is -2.18. The molecule has 0 unspecified atom stereocenters. The molecule has 0 aliphatic heterocycles. The summed E-state index contributed by atoms with van der Waals surface area (Å²) in [6.07, 6.45) is 1.79. The zero-order valence-corrected chi connectivity index (χ0v) is 23.3. The fourth-order valence-corrected chi connectivity index (χ4v) is 5.21. The second-order valence-corrected chi connectivity index (χ2v) is 10.4. The van der Waals surface area contributed by atoms with E-state index < -0.39 is 5.97 Å². The monoisotopic (exact) mass is 603 g/mol. The quantitative estimate of drug-likeness (QED) is 0.277. The topological polar surface area (TPSA) is 88.5 Å². The molecule has 1 aromatic carbocycles. The van der Waals surface area contributed by atoms with Crippen molar-refractivity contribution in [2.24, 2.45) is 0 Å². The van der Waals surface area contributed by atoms with Crippen LogP contribution in [0, 0.1) is 6.92 Å². The number of carbonyl (C=O) groups excluding carboxylic acids is 2. The second-order valence-electron chi connectivity index (χ2n) is 7.30. The molecule has 0 fully saturated rings. The lowest BCUT2D eigenvalue weighted by molar-refractivity contribution is 0.0601. The Kier molecular flexibility index (Phi) is 8.58. The summed E-state index contributed by atoms with van der Waals surface area (Å²) in [5, 5.41) is 12.0. The summed E-state index contributed by atoms with van der Waals surface area (Å²) >= 11 is 22.1. The van der Waals surface area contributed by atoms with Gasteiger partial charge in [0.1, 0.15) is 5.00 Å². The highest BCUT2D eigenvalue weighted by Crippen LogP contribution is 2.34. The first-order chi connectivity index (χ1) is 16.0. The fraction of sp³-hybridized carbons (Fsp3) is 0.238. The molecule has 2 aromatic heterocycles. The summed E-state index contributed by atoms with van der Waals surface area (Å²) < 4.78 is 7.29. The summed E-state index contributed by atoms with van der Waals surface area (Å²) in [7, 11) is 4.57. The number of anilines is 2. The van der Waals surface area contributed by atoms with Gasteiger partial charge in [0.25, 0.3) is 5.91 Å². The van der Waals surface area contributed by atoms with Crippen molar-refractivity contribution in [3.05, 3.63) is 60.5 Å². The average molecular weight is 605 g/mol. The fourth-order valence-electron chi connectivity index (χ4n) is 2.99. The van der Waals surface area contributed by atoms with Crippen molar-refractivity contribution in [1.82, 2.24) is 14.7 Å². The van der Waals surface area contributed by atoms with Crippen LogP contribution in [-0.4, -0.2) is 52.9 Å². The zero-order valence-electron chi connectivity index (χ0n) is 18.5. The van der Waals surface area contributed by atoms with Gasteiger partial charge >= 0.3 is 5.97 Å². The van der Waals surface area contributed by atoms with Crippen molar-refractivity contribution in [1.29, 1.82) is 0 Å². The van der Waals surface area contributed by atoms with Crippen molar-refractivity contribution in [2.75, 3.05) is 31.8 Å². The van der Waals surface area contributed by atoms with Crippen molar-refractivity contribution >= 4 is 90.5 Å². The first-order valence-corrected chi connectivity index (χ1v) is 12.5. The summed E-state index contributed by atoms with van der Waals surface area (Å²) in [5.41, 5.74) is 1.70. The molecule has 1 amide bonds. The number of nitrogens with one attached hydrogen (secondary N) is 2. The Morgan fingerprint density at radius 1 is 1.26 bits per heavy atom. The summed E-state index contributed by atoms with van der Waals surface area (Å²) in [4.78, 5) is 26.8. The molecule has 2 N–H and O–H groups in total. The van der Waals surface area contributed by atoms with Gasteiger partial charge in [0.15, 0.2) is 10.9 Å². The maximum absolute atomic E-state index is 12.5. The lowest BCUT2D eigenvalue weighted by atomic mass is 10.1. The molecule has 0 radical (unpaired) electrons. The number of amides is 1. The van der Waals surface area contributed by atoms with Crippen LogP contribution in [0.1, 0.15) is 31.2 Å². The molecule has 180 valence electrons. The van der Waals surface area contributed by atoms with E-state index in [1.54, 1.807) is 44.0 Å². The molecule has 3 rings (SSSR count). The van der Waals surface area contributed by atoms with Crippen LogP contribution < -0.4 is 10.6 Å². The number of aromatic nitrogens is 2. The summed E-state index contributed by atoms with van der Waals surface area (Å²) in [6.45, 7) is 2.16. The van der Waals surface area contributed by atoms with Gasteiger partial charge in [-0.05, 0) is 58.3 Å². The molecule has 13 heteroatoms. The van der Waals surface area contributed by atoms with E-state index in [1.807, 2.05) is 6.07 Å². The van der Waals surface area contributed by atoms with Crippen LogP contribution in [0.5, 0.6) is 0 Å². The average Bonchev–Trinajstić information content (AvgIpc) is 3.28. The molecular weight excluding hydrogens is 585 g/mol. The van der Waals surface area contributed by atoms with Gasteiger partial charge in [0.2, 0.25) is 0 Å². The first kappa shape index (κ1) is 26.4. The van der Waals surface area contributed by atoms with Crippen LogP contribution in [-0.2, 0) is 11.3 Å². The molecule has 0 saturated heterocycles. The highest BCUT2D eigenvalue weighted by atomic mass is 79.9. The van der Waals surface area contributed by atoms with Crippen molar-refractivity contribution in [3.63, 3.8) is 0 Å². The Morgan fingerprint density at radius 3 is 2.59 bits per heavy atom. The number of benzene rings is 1. The minimum Gasteiger partial charge on any atom is -0.465 e. The minimum atomic E-state index is -0.566. The van der Waals surface area contributed by atoms with Crippen molar-refractivity contribution in [2.45, 2.75) is 13.5 Å². The third-order valence-corrected chi connectivity index (χ3v) is 7.36. The van der Waals surface area contributed by atoms with Gasteiger partial charge < -0.3 is 20.3 Å². The molecule has 34 heavy (non-hydrogen) atoms. The Morgan fingerprint density at radius 2 is 1.97 bits per heavy atom. The molecule has 3 aromatic rings. The van der Waals surface area contributed by atoms with E-state index in [1.165, 1.54) is 12.0 Å². The molecule has 2 heterocycles. The third-order valence-electron chi connectivity index (χ3n) is 4.64. The Labute approximate surface area is 224 Å². The van der Waals surface area contributed by atoms with E-state index >= 15 is 0 Å². The van der Waals surface area contributed by atoms with Gasteiger partial charge in [0.05, 0.1) is 38.6 Å². The number of hydrogen-bond acceptors (Lipinski definition) is 6. The number of ether oxygens (including phenoxy) is 1. The number of esters is 1. The van der Waals surface area contributed by atoms with Crippen LogP contribution in [0.3, 0.4) is 0 Å². The summed E-state index contributed by atoms with van der Waals surface area (Å²) in [5.74, 6) is -0.317. The van der Waals surface area contributed by atoms with Crippen molar-refractivity contribution in [3.8, 4) is 0 Å². The molecule has 0 saturated carbocycles.